The zero-order valence-corrected chi connectivity index (χ0v) is 11.6. The number of hydrogen-bond acceptors (Lipinski definition) is 4. The Morgan fingerprint density at radius 1 is 1.32 bits per heavy atom. The standard InChI is InChI=1S/C14H24N2O3/c1-19-12(17)8-14(6-3-7-14)16-13(18)11-5-2-4-10(11)9-15/h10-11H,2-9,15H2,1H3,(H,16,18)/t10-,11-/m1/s1. The van der Waals surface area contributed by atoms with Crippen LogP contribution in [0.2, 0.25) is 0 Å². The molecular formula is C14H24N2O3. The first-order chi connectivity index (χ1) is 9.10. The number of nitrogens with one attached hydrogen (secondary N) is 1. The predicted octanol–water partition coefficient (Wildman–Crippen LogP) is 0.963. The lowest BCUT2D eigenvalue weighted by Crippen LogP contribution is -2.56. The summed E-state index contributed by atoms with van der Waals surface area (Å²) in [5.41, 5.74) is 5.37. The second kappa shape index (κ2) is 5.90. The third-order valence-electron chi connectivity index (χ3n) is 4.71. The van der Waals surface area contributed by atoms with Crippen LogP contribution in [0.5, 0.6) is 0 Å². The van der Waals surface area contributed by atoms with E-state index in [1.54, 1.807) is 0 Å². The van der Waals surface area contributed by atoms with Gasteiger partial charge in [0.05, 0.1) is 19.1 Å². The SMILES string of the molecule is COC(=O)CC1(NC(=O)[C@@H]2CCC[C@@H]2CN)CCC1. The number of ether oxygens (including phenoxy) is 1. The molecule has 2 aliphatic carbocycles. The van der Waals surface area contributed by atoms with Gasteiger partial charge in [-0.05, 0) is 44.6 Å². The maximum atomic E-state index is 12.4. The molecule has 2 saturated carbocycles. The van der Waals surface area contributed by atoms with Crippen molar-refractivity contribution in [2.24, 2.45) is 17.6 Å². The van der Waals surface area contributed by atoms with Crippen LogP contribution < -0.4 is 11.1 Å². The van der Waals surface area contributed by atoms with Gasteiger partial charge in [0.25, 0.3) is 0 Å². The van der Waals surface area contributed by atoms with E-state index >= 15 is 0 Å². The molecule has 0 unspecified atom stereocenters. The van der Waals surface area contributed by atoms with Gasteiger partial charge >= 0.3 is 5.97 Å². The van der Waals surface area contributed by atoms with E-state index < -0.39 is 0 Å². The number of amides is 1. The summed E-state index contributed by atoms with van der Waals surface area (Å²) in [6.45, 7) is 0.572. The summed E-state index contributed by atoms with van der Waals surface area (Å²) in [5.74, 6) is 0.161. The number of rotatable bonds is 5. The van der Waals surface area contributed by atoms with Crippen LogP contribution in [0.4, 0.5) is 0 Å². The minimum absolute atomic E-state index is 0.0279. The van der Waals surface area contributed by atoms with Crippen LogP contribution in [0.25, 0.3) is 0 Å². The van der Waals surface area contributed by atoms with E-state index in [0.29, 0.717) is 12.5 Å². The summed E-state index contributed by atoms with van der Waals surface area (Å²) >= 11 is 0. The molecule has 19 heavy (non-hydrogen) atoms. The van der Waals surface area contributed by atoms with Gasteiger partial charge < -0.3 is 15.8 Å². The average molecular weight is 268 g/mol. The minimum Gasteiger partial charge on any atom is -0.469 e. The Labute approximate surface area is 114 Å². The van der Waals surface area contributed by atoms with E-state index in [1.165, 1.54) is 7.11 Å². The van der Waals surface area contributed by atoms with E-state index in [0.717, 1.165) is 38.5 Å². The third kappa shape index (κ3) is 3.08. The van der Waals surface area contributed by atoms with Gasteiger partial charge in [-0.15, -0.1) is 0 Å². The molecule has 3 N–H and O–H groups in total. The number of hydrogen-bond donors (Lipinski definition) is 2. The van der Waals surface area contributed by atoms with E-state index in [1.807, 2.05) is 0 Å². The highest BCUT2D eigenvalue weighted by Gasteiger charge is 2.43. The van der Waals surface area contributed by atoms with Crippen molar-refractivity contribution in [1.82, 2.24) is 5.32 Å². The molecule has 2 rings (SSSR count). The molecule has 5 heteroatoms. The molecule has 0 aromatic rings. The van der Waals surface area contributed by atoms with Crippen molar-refractivity contribution >= 4 is 11.9 Å². The van der Waals surface area contributed by atoms with Gasteiger partial charge in [0.1, 0.15) is 0 Å². The Bertz CT molecular complexity index is 353. The Morgan fingerprint density at radius 2 is 2.05 bits per heavy atom. The maximum absolute atomic E-state index is 12.4. The highest BCUT2D eigenvalue weighted by Crippen LogP contribution is 2.37. The third-order valence-corrected chi connectivity index (χ3v) is 4.71. The van der Waals surface area contributed by atoms with E-state index in [-0.39, 0.29) is 29.8 Å². The first kappa shape index (κ1) is 14.3. The Hall–Kier alpha value is -1.10. The average Bonchev–Trinajstić information content (AvgIpc) is 2.84. The summed E-state index contributed by atoms with van der Waals surface area (Å²) in [6.07, 6.45) is 6.11. The van der Waals surface area contributed by atoms with Crippen molar-refractivity contribution in [3.63, 3.8) is 0 Å². The van der Waals surface area contributed by atoms with Crippen LogP contribution in [-0.2, 0) is 14.3 Å². The smallest absolute Gasteiger partial charge is 0.307 e. The van der Waals surface area contributed by atoms with Crippen LogP contribution in [0.3, 0.4) is 0 Å². The minimum atomic E-state index is -0.355. The van der Waals surface area contributed by atoms with Crippen molar-refractivity contribution in [3.05, 3.63) is 0 Å². The number of esters is 1. The molecule has 1 amide bonds. The maximum Gasteiger partial charge on any atom is 0.307 e. The largest absolute Gasteiger partial charge is 0.469 e. The molecule has 0 aliphatic heterocycles. The molecule has 0 aromatic carbocycles. The first-order valence-corrected chi connectivity index (χ1v) is 7.19. The van der Waals surface area contributed by atoms with Crippen molar-refractivity contribution in [3.8, 4) is 0 Å². The van der Waals surface area contributed by atoms with E-state index in [9.17, 15) is 9.59 Å². The topological polar surface area (TPSA) is 81.4 Å². The molecule has 2 fully saturated rings. The molecule has 0 radical (unpaired) electrons. The number of carbonyl (C=O) groups excluding carboxylic acids is 2. The quantitative estimate of drug-likeness (QED) is 0.728. The lowest BCUT2D eigenvalue weighted by atomic mass is 9.74. The van der Waals surface area contributed by atoms with Crippen LogP contribution in [0, 0.1) is 11.8 Å². The highest BCUT2D eigenvalue weighted by atomic mass is 16.5. The summed E-state index contributed by atoms with van der Waals surface area (Å²) in [4.78, 5) is 23.8. The number of methoxy groups -OCH3 is 1. The molecular weight excluding hydrogens is 244 g/mol. The molecule has 0 heterocycles. The number of carbonyl (C=O) groups is 2. The summed E-state index contributed by atoms with van der Waals surface area (Å²) in [5, 5.41) is 3.11. The van der Waals surface area contributed by atoms with E-state index in [4.69, 9.17) is 10.5 Å². The Balaban J connectivity index is 1.94. The highest BCUT2D eigenvalue weighted by molar-refractivity contribution is 5.81. The van der Waals surface area contributed by atoms with Gasteiger partial charge in [0.15, 0.2) is 0 Å². The zero-order chi connectivity index (χ0) is 13.9. The molecule has 0 bridgehead atoms. The van der Waals surface area contributed by atoms with Gasteiger partial charge in [0.2, 0.25) is 5.91 Å². The summed E-state index contributed by atoms with van der Waals surface area (Å²) in [6, 6.07) is 0. The molecule has 2 atom stereocenters. The monoisotopic (exact) mass is 268 g/mol. The Kier molecular flexibility index (Phi) is 4.45. The number of nitrogens with two attached hydrogens (primary N) is 1. The van der Waals surface area contributed by atoms with Crippen molar-refractivity contribution < 1.29 is 14.3 Å². The van der Waals surface area contributed by atoms with Crippen LogP contribution in [0.15, 0.2) is 0 Å². The van der Waals surface area contributed by atoms with Crippen LogP contribution in [0.1, 0.15) is 44.9 Å². The van der Waals surface area contributed by atoms with Gasteiger partial charge in [-0.25, -0.2) is 0 Å². The molecule has 2 aliphatic rings. The van der Waals surface area contributed by atoms with Crippen molar-refractivity contribution in [1.29, 1.82) is 0 Å². The van der Waals surface area contributed by atoms with Crippen molar-refractivity contribution in [2.75, 3.05) is 13.7 Å². The van der Waals surface area contributed by atoms with Gasteiger partial charge in [0, 0.05) is 5.92 Å². The molecule has 108 valence electrons. The second-order valence-corrected chi connectivity index (χ2v) is 5.91. The summed E-state index contributed by atoms with van der Waals surface area (Å²) < 4.78 is 4.72. The predicted molar refractivity (Wildman–Crippen MR) is 71.2 cm³/mol. The van der Waals surface area contributed by atoms with Gasteiger partial charge in [-0.1, -0.05) is 6.42 Å². The van der Waals surface area contributed by atoms with Gasteiger partial charge in [-0.3, -0.25) is 9.59 Å². The van der Waals surface area contributed by atoms with Gasteiger partial charge in [-0.2, -0.15) is 0 Å². The fraction of sp³-hybridized carbons (Fsp3) is 0.857. The van der Waals surface area contributed by atoms with Crippen LogP contribution in [-0.4, -0.2) is 31.1 Å². The lowest BCUT2D eigenvalue weighted by Gasteiger charge is -2.42. The zero-order valence-electron chi connectivity index (χ0n) is 11.6. The molecule has 0 saturated heterocycles. The molecule has 0 spiro atoms. The molecule has 5 nitrogen and oxygen atoms in total. The summed E-state index contributed by atoms with van der Waals surface area (Å²) in [7, 11) is 1.39. The normalized spacial score (nSPS) is 28.5. The fourth-order valence-corrected chi connectivity index (χ4v) is 3.32. The van der Waals surface area contributed by atoms with E-state index in [2.05, 4.69) is 5.32 Å². The molecule has 0 aromatic heterocycles. The fourth-order valence-electron chi connectivity index (χ4n) is 3.32. The lowest BCUT2D eigenvalue weighted by molar-refractivity contribution is -0.144. The first-order valence-electron chi connectivity index (χ1n) is 7.19. The van der Waals surface area contributed by atoms with Crippen LogP contribution >= 0.6 is 0 Å². The Morgan fingerprint density at radius 3 is 2.58 bits per heavy atom. The van der Waals surface area contributed by atoms with Crippen molar-refractivity contribution in [2.45, 2.75) is 50.5 Å². The second-order valence-electron chi connectivity index (χ2n) is 5.91.